The molecule has 1 heterocycles. The average Bonchev–Trinajstić information content (AvgIpc) is 2.72. The maximum atomic E-state index is 12.9. The van der Waals surface area contributed by atoms with E-state index in [0.29, 0.717) is 13.0 Å². The maximum absolute atomic E-state index is 12.9. The van der Waals surface area contributed by atoms with Gasteiger partial charge in [0.2, 0.25) is 0 Å². The number of Topliss-reactive ketones (excluding diaryl/α,β-unsaturated/α-hetero) is 1. The second-order valence-electron chi connectivity index (χ2n) is 7.41. The van der Waals surface area contributed by atoms with Gasteiger partial charge < -0.3 is 10.2 Å². The summed E-state index contributed by atoms with van der Waals surface area (Å²) in [6, 6.07) is 9.56. The van der Waals surface area contributed by atoms with Crippen LogP contribution in [0.2, 0.25) is 5.82 Å². The number of aliphatic imine (C=N–C) groups is 1. The van der Waals surface area contributed by atoms with Gasteiger partial charge in [0, 0.05) is 51.4 Å². The van der Waals surface area contributed by atoms with Gasteiger partial charge in [-0.3, -0.25) is 19.6 Å². The van der Waals surface area contributed by atoms with Crippen LogP contribution in [0, 0.1) is 0 Å². The summed E-state index contributed by atoms with van der Waals surface area (Å²) in [5.41, 5.74) is 1.16. The standard InChI is InChI=1S/C21H28BN3O3/c22-19-14-17(16-4-2-1-3-5-16)20(27)18(21(19)28)15-23-6-7-24-8-10-25(11-9-24)12-13-26/h1-5,15,17,19,26,28H,6-14H2. The summed E-state index contributed by atoms with van der Waals surface area (Å²) >= 11 is 0. The summed E-state index contributed by atoms with van der Waals surface area (Å²) in [4.78, 5) is 21.8. The molecule has 0 aromatic heterocycles. The lowest BCUT2D eigenvalue weighted by atomic mass is 9.69. The molecule has 6 nitrogen and oxygen atoms in total. The zero-order valence-corrected chi connectivity index (χ0v) is 16.2. The van der Waals surface area contributed by atoms with Crippen molar-refractivity contribution in [3.63, 3.8) is 0 Å². The third-order valence-corrected chi connectivity index (χ3v) is 5.55. The molecule has 1 saturated heterocycles. The number of benzene rings is 1. The van der Waals surface area contributed by atoms with E-state index in [-0.39, 0.29) is 29.6 Å². The van der Waals surface area contributed by atoms with Gasteiger partial charge in [-0.2, -0.15) is 0 Å². The fraction of sp³-hybridized carbons (Fsp3) is 0.524. The molecule has 1 aliphatic heterocycles. The topological polar surface area (TPSA) is 76.4 Å². The van der Waals surface area contributed by atoms with Gasteiger partial charge in [0.25, 0.3) is 0 Å². The lowest BCUT2D eigenvalue weighted by Gasteiger charge is -2.33. The first-order chi connectivity index (χ1) is 13.6. The summed E-state index contributed by atoms with van der Waals surface area (Å²) in [7, 11) is 6.06. The molecule has 3 rings (SSSR count). The fourth-order valence-corrected chi connectivity index (χ4v) is 3.82. The Morgan fingerprint density at radius 1 is 1.11 bits per heavy atom. The van der Waals surface area contributed by atoms with Crippen LogP contribution in [0.15, 0.2) is 46.7 Å². The highest BCUT2D eigenvalue weighted by atomic mass is 16.3. The molecule has 1 fully saturated rings. The van der Waals surface area contributed by atoms with Crippen molar-refractivity contribution in [1.82, 2.24) is 9.80 Å². The van der Waals surface area contributed by atoms with Crippen molar-refractivity contribution >= 4 is 19.8 Å². The molecule has 7 heteroatoms. The Morgan fingerprint density at radius 2 is 1.75 bits per heavy atom. The summed E-state index contributed by atoms with van der Waals surface area (Å²) in [5, 5.41) is 19.3. The van der Waals surface area contributed by atoms with E-state index in [1.54, 1.807) is 0 Å². The molecule has 28 heavy (non-hydrogen) atoms. The number of β-amino-alcohol motifs (C(OH)–C–C–N with tert-alkyl or cyclic N) is 1. The number of hydrogen-bond donors (Lipinski definition) is 2. The Morgan fingerprint density at radius 3 is 2.39 bits per heavy atom. The fourth-order valence-electron chi connectivity index (χ4n) is 3.82. The van der Waals surface area contributed by atoms with E-state index in [1.807, 2.05) is 30.3 Å². The quantitative estimate of drug-likeness (QED) is 0.548. The molecule has 0 saturated carbocycles. The first kappa shape index (κ1) is 20.8. The lowest BCUT2D eigenvalue weighted by Crippen LogP contribution is -2.47. The minimum absolute atomic E-state index is 0.0569. The highest BCUT2D eigenvalue weighted by molar-refractivity contribution is 6.21. The molecule has 1 aliphatic carbocycles. The van der Waals surface area contributed by atoms with Gasteiger partial charge in [0.1, 0.15) is 0 Å². The van der Waals surface area contributed by atoms with Crippen molar-refractivity contribution in [2.24, 2.45) is 4.99 Å². The Kier molecular flexibility index (Phi) is 7.42. The van der Waals surface area contributed by atoms with E-state index in [9.17, 15) is 9.90 Å². The molecule has 1 aromatic rings. The van der Waals surface area contributed by atoms with E-state index in [4.69, 9.17) is 13.0 Å². The third kappa shape index (κ3) is 5.10. The SMILES string of the molecule is [B]C1CC(c2ccccc2)C(=O)C(C=NCCN2CCN(CCO)CC2)=C1O. The predicted octanol–water partition coefficient (Wildman–Crippen LogP) is 1.19. The molecule has 2 unspecified atom stereocenters. The van der Waals surface area contributed by atoms with Crippen LogP contribution >= 0.6 is 0 Å². The molecular weight excluding hydrogens is 353 g/mol. The maximum Gasteiger partial charge on any atom is 0.175 e. The molecule has 0 spiro atoms. The second kappa shape index (κ2) is 10.0. The molecule has 0 bridgehead atoms. The first-order valence-electron chi connectivity index (χ1n) is 9.93. The molecule has 148 valence electrons. The Labute approximate surface area is 168 Å². The van der Waals surface area contributed by atoms with E-state index in [1.165, 1.54) is 6.21 Å². The molecule has 2 radical (unpaired) electrons. The molecule has 2 N–H and O–H groups in total. The van der Waals surface area contributed by atoms with Gasteiger partial charge in [0.05, 0.1) is 32.3 Å². The van der Waals surface area contributed by atoms with Crippen molar-refractivity contribution in [2.75, 3.05) is 52.4 Å². The van der Waals surface area contributed by atoms with Crippen LogP contribution in [0.1, 0.15) is 17.9 Å². The number of rotatable bonds is 7. The number of allylic oxidation sites excluding steroid dienone is 2. The van der Waals surface area contributed by atoms with Gasteiger partial charge >= 0.3 is 0 Å². The lowest BCUT2D eigenvalue weighted by molar-refractivity contribution is -0.117. The molecule has 2 aliphatic rings. The molecular formula is C21H28BN3O3. The van der Waals surface area contributed by atoms with Crippen LogP contribution in [0.5, 0.6) is 0 Å². The number of hydrogen-bond acceptors (Lipinski definition) is 6. The largest absolute Gasteiger partial charge is 0.512 e. The van der Waals surface area contributed by atoms with Crippen LogP contribution < -0.4 is 0 Å². The molecule has 2 atom stereocenters. The third-order valence-electron chi connectivity index (χ3n) is 5.55. The van der Waals surface area contributed by atoms with E-state index in [2.05, 4.69) is 14.8 Å². The van der Waals surface area contributed by atoms with Crippen LogP contribution in [-0.4, -0.2) is 92.3 Å². The van der Waals surface area contributed by atoms with E-state index < -0.39 is 5.82 Å². The average molecular weight is 381 g/mol. The van der Waals surface area contributed by atoms with Crippen LogP contribution in [0.4, 0.5) is 0 Å². The van der Waals surface area contributed by atoms with Crippen molar-refractivity contribution in [1.29, 1.82) is 0 Å². The van der Waals surface area contributed by atoms with Crippen molar-refractivity contribution in [3.8, 4) is 0 Å². The van der Waals surface area contributed by atoms with Crippen molar-refractivity contribution in [3.05, 3.63) is 47.2 Å². The van der Waals surface area contributed by atoms with Gasteiger partial charge in [0.15, 0.2) is 5.78 Å². The molecule has 0 amide bonds. The molecule has 1 aromatic carbocycles. The van der Waals surface area contributed by atoms with Crippen molar-refractivity contribution in [2.45, 2.75) is 18.2 Å². The monoisotopic (exact) mass is 381 g/mol. The number of carbonyl (C=O) groups excluding carboxylic acids is 1. The Hall–Kier alpha value is -1.96. The second-order valence-corrected chi connectivity index (χ2v) is 7.41. The number of piperazine rings is 1. The summed E-state index contributed by atoms with van der Waals surface area (Å²) in [6.07, 6.45) is 1.90. The minimum Gasteiger partial charge on any atom is -0.512 e. The Bertz CT molecular complexity index is 715. The zero-order valence-electron chi connectivity index (χ0n) is 16.2. The van der Waals surface area contributed by atoms with Gasteiger partial charge in [-0.05, 0) is 17.8 Å². The summed E-state index contributed by atoms with van der Waals surface area (Å²) in [6.45, 7) is 6.08. The van der Waals surface area contributed by atoms with Crippen LogP contribution in [-0.2, 0) is 4.79 Å². The number of nitrogens with zero attached hydrogens (tertiary/aromatic N) is 3. The number of aliphatic hydroxyl groups is 2. The normalized spacial score (nSPS) is 25.0. The highest BCUT2D eigenvalue weighted by Gasteiger charge is 2.33. The summed E-state index contributed by atoms with van der Waals surface area (Å²) < 4.78 is 0. The number of aliphatic hydroxyl groups excluding tert-OH is 2. The summed E-state index contributed by atoms with van der Waals surface area (Å²) in [5.74, 6) is -1.07. The predicted molar refractivity (Wildman–Crippen MR) is 111 cm³/mol. The van der Waals surface area contributed by atoms with Crippen molar-refractivity contribution < 1.29 is 15.0 Å². The number of carbonyl (C=O) groups is 1. The van der Waals surface area contributed by atoms with E-state index in [0.717, 1.165) is 44.8 Å². The van der Waals surface area contributed by atoms with Crippen LogP contribution in [0.3, 0.4) is 0 Å². The van der Waals surface area contributed by atoms with Gasteiger partial charge in [-0.15, -0.1) is 0 Å². The van der Waals surface area contributed by atoms with Gasteiger partial charge in [-0.25, -0.2) is 0 Å². The zero-order chi connectivity index (χ0) is 19.9. The minimum atomic E-state index is -0.552. The smallest absolute Gasteiger partial charge is 0.175 e. The highest BCUT2D eigenvalue weighted by Crippen LogP contribution is 2.37. The number of ketones is 1. The van der Waals surface area contributed by atoms with Crippen LogP contribution in [0.25, 0.3) is 0 Å². The van der Waals surface area contributed by atoms with Gasteiger partial charge in [-0.1, -0.05) is 30.3 Å². The Balaban J connectivity index is 1.56. The van der Waals surface area contributed by atoms with E-state index >= 15 is 0 Å². The first-order valence-corrected chi connectivity index (χ1v) is 9.93.